The van der Waals surface area contributed by atoms with E-state index in [-0.39, 0.29) is 5.60 Å². The minimum atomic E-state index is -1.40. The highest BCUT2D eigenvalue weighted by Gasteiger charge is 2.12. The Bertz CT molecular complexity index is 301. The lowest BCUT2D eigenvalue weighted by Crippen LogP contribution is -2.29. The third kappa shape index (κ3) is 4.47. The lowest BCUT2D eigenvalue weighted by molar-refractivity contribution is -0.0149. The van der Waals surface area contributed by atoms with Gasteiger partial charge in [-0.05, 0) is 31.8 Å². The van der Waals surface area contributed by atoms with E-state index in [4.69, 9.17) is 14.8 Å². The van der Waals surface area contributed by atoms with Crippen molar-refractivity contribution in [2.45, 2.75) is 33.0 Å². The van der Waals surface area contributed by atoms with Gasteiger partial charge in [0.15, 0.2) is 0 Å². The molecule has 1 rings (SSSR count). The van der Waals surface area contributed by atoms with Gasteiger partial charge in [0.05, 0.1) is 12.2 Å². The van der Waals surface area contributed by atoms with E-state index in [2.05, 4.69) is 0 Å². The minimum Gasteiger partial charge on any atom is -0.423 e. The number of ether oxygens (including phenoxy) is 1. The third-order valence-corrected chi connectivity index (χ3v) is 1.95. The number of benzene rings is 1. The topological polar surface area (TPSA) is 49.7 Å². The lowest BCUT2D eigenvalue weighted by Gasteiger charge is -2.19. The summed E-state index contributed by atoms with van der Waals surface area (Å²) in [4.78, 5) is 0. The van der Waals surface area contributed by atoms with Gasteiger partial charge in [0.1, 0.15) is 0 Å². The molecule has 0 aliphatic heterocycles. The summed E-state index contributed by atoms with van der Waals surface area (Å²) in [5, 5.41) is 17.8. The van der Waals surface area contributed by atoms with Crippen LogP contribution in [-0.2, 0) is 11.3 Å². The highest BCUT2D eigenvalue weighted by Crippen LogP contribution is 2.10. The second kappa shape index (κ2) is 4.79. The van der Waals surface area contributed by atoms with Gasteiger partial charge in [0, 0.05) is 0 Å². The maximum atomic E-state index is 8.90. The molecule has 0 aliphatic rings. The molecule has 0 heterocycles. The van der Waals surface area contributed by atoms with Crippen LogP contribution in [0.25, 0.3) is 0 Å². The van der Waals surface area contributed by atoms with Crippen LogP contribution in [0.2, 0.25) is 0 Å². The van der Waals surface area contributed by atoms with Gasteiger partial charge in [0.2, 0.25) is 0 Å². The van der Waals surface area contributed by atoms with Crippen LogP contribution in [0.15, 0.2) is 24.3 Å². The first kappa shape index (κ1) is 12.2. The molecule has 0 saturated heterocycles. The van der Waals surface area contributed by atoms with E-state index < -0.39 is 7.12 Å². The Kier molecular flexibility index (Phi) is 3.91. The van der Waals surface area contributed by atoms with Gasteiger partial charge in [0.25, 0.3) is 0 Å². The summed E-state index contributed by atoms with van der Waals surface area (Å²) in [6.45, 7) is 6.53. The molecular formula is C11H17BO3. The van der Waals surface area contributed by atoms with Crippen molar-refractivity contribution in [3.05, 3.63) is 29.8 Å². The maximum absolute atomic E-state index is 8.90. The Morgan fingerprint density at radius 1 is 1.13 bits per heavy atom. The molecule has 15 heavy (non-hydrogen) atoms. The van der Waals surface area contributed by atoms with Gasteiger partial charge in [-0.25, -0.2) is 0 Å². The first-order valence-electron chi connectivity index (χ1n) is 4.97. The maximum Gasteiger partial charge on any atom is 0.488 e. The Hall–Kier alpha value is -0.835. The summed E-state index contributed by atoms with van der Waals surface area (Å²) in [6.07, 6.45) is 0. The Morgan fingerprint density at radius 2 is 1.67 bits per heavy atom. The molecule has 3 nitrogen and oxygen atoms in total. The first-order valence-corrected chi connectivity index (χ1v) is 4.97. The molecule has 0 spiro atoms. The van der Waals surface area contributed by atoms with Crippen LogP contribution in [0.1, 0.15) is 26.3 Å². The molecule has 0 fully saturated rings. The number of rotatable bonds is 3. The van der Waals surface area contributed by atoms with Crippen molar-refractivity contribution in [2.24, 2.45) is 0 Å². The van der Waals surface area contributed by atoms with Crippen molar-refractivity contribution in [3.63, 3.8) is 0 Å². The van der Waals surface area contributed by atoms with Crippen LogP contribution in [0.3, 0.4) is 0 Å². The normalized spacial score (nSPS) is 11.5. The monoisotopic (exact) mass is 208 g/mol. The Morgan fingerprint density at radius 3 is 2.07 bits per heavy atom. The molecule has 82 valence electrons. The molecule has 0 radical (unpaired) electrons. The second-order valence-electron chi connectivity index (χ2n) is 4.52. The Labute approximate surface area is 90.9 Å². The summed E-state index contributed by atoms with van der Waals surface area (Å²) in [7, 11) is -1.40. The molecule has 0 bridgehead atoms. The molecular weight excluding hydrogens is 191 g/mol. The highest BCUT2D eigenvalue weighted by molar-refractivity contribution is 6.58. The van der Waals surface area contributed by atoms with Crippen molar-refractivity contribution in [1.82, 2.24) is 0 Å². The van der Waals surface area contributed by atoms with E-state index in [1.54, 1.807) is 12.1 Å². The summed E-state index contributed by atoms with van der Waals surface area (Å²) in [6, 6.07) is 7.04. The van der Waals surface area contributed by atoms with Crippen LogP contribution in [0.5, 0.6) is 0 Å². The van der Waals surface area contributed by atoms with E-state index in [9.17, 15) is 0 Å². The zero-order chi connectivity index (χ0) is 11.5. The highest BCUT2D eigenvalue weighted by atomic mass is 16.5. The molecule has 1 aromatic carbocycles. The Balaban J connectivity index is 2.57. The molecule has 0 amide bonds. The molecule has 4 heteroatoms. The van der Waals surface area contributed by atoms with Crippen LogP contribution < -0.4 is 5.46 Å². The predicted molar refractivity (Wildman–Crippen MR) is 60.8 cm³/mol. The van der Waals surface area contributed by atoms with Crippen LogP contribution in [0.4, 0.5) is 0 Å². The summed E-state index contributed by atoms with van der Waals surface area (Å²) in [5.74, 6) is 0. The van der Waals surface area contributed by atoms with E-state index in [0.29, 0.717) is 12.1 Å². The standard InChI is InChI=1S/C11H17BO3/c1-11(2,3)15-8-9-4-6-10(7-5-9)12(13)14/h4-7,13-14H,8H2,1-3H3. The summed E-state index contributed by atoms with van der Waals surface area (Å²) in [5.41, 5.74) is 1.36. The van der Waals surface area contributed by atoms with Gasteiger partial charge in [-0.2, -0.15) is 0 Å². The fraction of sp³-hybridized carbons (Fsp3) is 0.455. The van der Waals surface area contributed by atoms with Gasteiger partial charge < -0.3 is 14.8 Å². The average Bonchev–Trinajstić information content (AvgIpc) is 2.14. The molecule has 0 saturated carbocycles. The van der Waals surface area contributed by atoms with Gasteiger partial charge >= 0.3 is 7.12 Å². The lowest BCUT2D eigenvalue weighted by atomic mass is 9.80. The molecule has 0 aromatic heterocycles. The summed E-state index contributed by atoms with van der Waals surface area (Å²) < 4.78 is 5.59. The average molecular weight is 208 g/mol. The fourth-order valence-corrected chi connectivity index (χ4v) is 1.09. The van der Waals surface area contributed by atoms with Crippen molar-refractivity contribution in [1.29, 1.82) is 0 Å². The molecule has 2 N–H and O–H groups in total. The fourth-order valence-electron chi connectivity index (χ4n) is 1.09. The van der Waals surface area contributed by atoms with Crippen molar-refractivity contribution in [2.75, 3.05) is 0 Å². The number of hydrogen-bond donors (Lipinski definition) is 2. The third-order valence-electron chi connectivity index (χ3n) is 1.95. The quantitative estimate of drug-likeness (QED) is 0.718. The van der Waals surface area contributed by atoms with Crippen molar-refractivity contribution >= 4 is 12.6 Å². The predicted octanol–water partition coefficient (Wildman–Crippen LogP) is 0.681. The smallest absolute Gasteiger partial charge is 0.423 e. The molecule has 0 aliphatic carbocycles. The van der Waals surface area contributed by atoms with Gasteiger partial charge in [-0.1, -0.05) is 24.3 Å². The van der Waals surface area contributed by atoms with E-state index in [1.165, 1.54) is 0 Å². The largest absolute Gasteiger partial charge is 0.488 e. The molecule has 0 unspecified atom stereocenters. The summed E-state index contributed by atoms with van der Waals surface area (Å²) >= 11 is 0. The van der Waals surface area contributed by atoms with Crippen LogP contribution in [0, 0.1) is 0 Å². The van der Waals surface area contributed by atoms with Crippen LogP contribution in [-0.4, -0.2) is 22.8 Å². The van der Waals surface area contributed by atoms with Gasteiger partial charge in [-0.15, -0.1) is 0 Å². The zero-order valence-electron chi connectivity index (χ0n) is 9.40. The van der Waals surface area contributed by atoms with E-state index in [0.717, 1.165) is 5.56 Å². The first-order chi connectivity index (χ1) is 6.88. The van der Waals surface area contributed by atoms with Crippen molar-refractivity contribution < 1.29 is 14.8 Å². The number of hydrogen-bond acceptors (Lipinski definition) is 3. The second-order valence-corrected chi connectivity index (χ2v) is 4.52. The van der Waals surface area contributed by atoms with Crippen LogP contribution >= 0.6 is 0 Å². The minimum absolute atomic E-state index is 0.158. The van der Waals surface area contributed by atoms with Crippen molar-refractivity contribution in [3.8, 4) is 0 Å². The van der Waals surface area contributed by atoms with E-state index >= 15 is 0 Å². The van der Waals surface area contributed by atoms with E-state index in [1.807, 2.05) is 32.9 Å². The molecule has 1 aromatic rings. The van der Waals surface area contributed by atoms with Gasteiger partial charge in [-0.3, -0.25) is 0 Å². The SMILES string of the molecule is CC(C)(C)OCc1ccc(B(O)O)cc1. The zero-order valence-corrected chi connectivity index (χ0v) is 9.40. The molecule has 0 atom stereocenters.